The third kappa shape index (κ3) is 3.90. The van der Waals surface area contributed by atoms with Gasteiger partial charge in [0.05, 0.1) is 0 Å². The number of benzene rings is 2. The third-order valence-electron chi connectivity index (χ3n) is 3.82. The molecule has 4 heteroatoms. The Bertz CT molecular complexity index is 825. The second-order valence-corrected chi connectivity index (χ2v) is 5.84. The highest BCUT2D eigenvalue weighted by molar-refractivity contribution is 5.63. The lowest BCUT2D eigenvalue weighted by atomic mass is 10.1. The summed E-state index contributed by atoms with van der Waals surface area (Å²) >= 11 is 0. The van der Waals surface area contributed by atoms with E-state index in [0.29, 0.717) is 5.95 Å². The van der Waals surface area contributed by atoms with Gasteiger partial charge < -0.3 is 10.6 Å². The van der Waals surface area contributed by atoms with E-state index in [-0.39, 0.29) is 0 Å². The molecule has 24 heavy (non-hydrogen) atoms. The lowest BCUT2D eigenvalue weighted by molar-refractivity contribution is 1.10. The summed E-state index contributed by atoms with van der Waals surface area (Å²) in [4.78, 5) is 9.06. The fourth-order valence-electron chi connectivity index (χ4n) is 2.54. The first-order valence-corrected chi connectivity index (χ1v) is 8.18. The van der Waals surface area contributed by atoms with E-state index in [1.54, 1.807) is 0 Å². The maximum Gasteiger partial charge on any atom is 0.229 e. The van der Waals surface area contributed by atoms with Gasteiger partial charge in [0.1, 0.15) is 5.82 Å². The summed E-state index contributed by atoms with van der Waals surface area (Å²) in [6.45, 7) is 6.19. The molecule has 0 aliphatic heterocycles. The standard InChI is InChI=1S/C20H22N4/c1-4-16-7-5-6-8-18(16)23-19-13-15(3)21-20(24-19)22-17-11-9-14(2)10-12-17/h5-13H,4H2,1-3H3,(H2,21,22,23,24). The van der Waals surface area contributed by atoms with Gasteiger partial charge in [0, 0.05) is 23.1 Å². The molecule has 0 bridgehead atoms. The van der Waals surface area contributed by atoms with Gasteiger partial charge in [-0.1, -0.05) is 42.8 Å². The molecular weight excluding hydrogens is 296 g/mol. The van der Waals surface area contributed by atoms with Crippen LogP contribution in [0.2, 0.25) is 0 Å². The molecule has 0 aliphatic rings. The number of aromatic nitrogens is 2. The van der Waals surface area contributed by atoms with Crippen molar-refractivity contribution < 1.29 is 0 Å². The fraction of sp³-hybridized carbons (Fsp3) is 0.200. The summed E-state index contributed by atoms with van der Waals surface area (Å²) in [5.41, 5.74) is 5.47. The van der Waals surface area contributed by atoms with Crippen LogP contribution in [-0.4, -0.2) is 9.97 Å². The number of hydrogen-bond donors (Lipinski definition) is 2. The zero-order valence-electron chi connectivity index (χ0n) is 14.3. The molecule has 0 radical (unpaired) electrons. The zero-order valence-corrected chi connectivity index (χ0v) is 14.3. The normalized spacial score (nSPS) is 10.5. The van der Waals surface area contributed by atoms with Crippen LogP contribution in [-0.2, 0) is 6.42 Å². The monoisotopic (exact) mass is 318 g/mol. The molecule has 0 saturated heterocycles. The number of para-hydroxylation sites is 1. The number of hydrogen-bond acceptors (Lipinski definition) is 4. The van der Waals surface area contributed by atoms with Gasteiger partial charge in [0.15, 0.2) is 0 Å². The maximum absolute atomic E-state index is 4.59. The molecule has 0 atom stereocenters. The first kappa shape index (κ1) is 16.0. The number of rotatable bonds is 5. The van der Waals surface area contributed by atoms with Gasteiger partial charge in [0.25, 0.3) is 0 Å². The average molecular weight is 318 g/mol. The Labute approximate surface area is 143 Å². The van der Waals surface area contributed by atoms with Crippen LogP contribution in [0.3, 0.4) is 0 Å². The Hall–Kier alpha value is -2.88. The lowest BCUT2D eigenvalue weighted by Gasteiger charge is -2.12. The molecule has 0 unspecified atom stereocenters. The Balaban J connectivity index is 1.84. The first-order valence-electron chi connectivity index (χ1n) is 8.18. The summed E-state index contributed by atoms with van der Waals surface area (Å²) in [6, 6.07) is 18.4. The van der Waals surface area contributed by atoms with Crippen molar-refractivity contribution in [2.45, 2.75) is 27.2 Å². The minimum atomic E-state index is 0.593. The summed E-state index contributed by atoms with van der Waals surface area (Å²) < 4.78 is 0. The molecule has 0 amide bonds. The number of nitrogens with zero attached hydrogens (tertiary/aromatic N) is 2. The van der Waals surface area contributed by atoms with Gasteiger partial charge in [-0.2, -0.15) is 4.98 Å². The summed E-state index contributed by atoms with van der Waals surface area (Å²) in [5, 5.41) is 6.67. The average Bonchev–Trinajstić information content (AvgIpc) is 2.57. The predicted octanol–water partition coefficient (Wildman–Crippen LogP) is 5.14. The van der Waals surface area contributed by atoms with E-state index >= 15 is 0 Å². The van der Waals surface area contributed by atoms with E-state index in [1.807, 2.05) is 31.2 Å². The van der Waals surface area contributed by atoms with Crippen LogP contribution in [0.15, 0.2) is 54.6 Å². The van der Waals surface area contributed by atoms with Gasteiger partial charge in [-0.3, -0.25) is 0 Å². The van der Waals surface area contributed by atoms with Crippen LogP contribution in [0.25, 0.3) is 0 Å². The largest absolute Gasteiger partial charge is 0.340 e. The van der Waals surface area contributed by atoms with Gasteiger partial charge in [-0.15, -0.1) is 0 Å². The molecule has 0 fully saturated rings. The van der Waals surface area contributed by atoms with Crippen molar-refractivity contribution in [2.75, 3.05) is 10.6 Å². The molecule has 3 rings (SSSR count). The summed E-state index contributed by atoms with van der Waals surface area (Å²) in [6.07, 6.45) is 0.974. The predicted molar refractivity (Wildman–Crippen MR) is 100 cm³/mol. The molecule has 0 spiro atoms. The van der Waals surface area contributed by atoms with E-state index < -0.39 is 0 Å². The van der Waals surface area contributed by atoms with Crippen LogP contribution in [0.5, 0.6) is 0 Å². The van der Waals surface area contributed by atoms with E-state index in [9.17, 15) is 0 Å². The molecule has 2 aromatic carbocycles. The maximum atomic E-state index is 4.59. The van der Waals surface area contributed by atoms with Crippen LogP contribution >= 0.6 is 0 Å². The molecule has 122 valence electrons. The van der Waals surface area contributed by atoms with E-state index in [4.69, 9.17) is 0 Å². The Morgan fingerprint density at radius 3 is 2.38 bits per heavy atom. The second kappa shape index (κ2) is 7.13. The van der Waals surface area contributed by atoms with E-state index in [1.165, 1.54) is 11.1 Å². The molecule has 4 nitrogen and oxygen atoms in total. The van der Waals surface area contributed by atoms with Crippen LogP contribution in [0.4, 0.5) is 23.1 Å². The smallest absolute Gasteiger partial charge is 0.229 e. The molecule has 1 heterocycles. The SMILES string of the molecule is CCc1ccccc1Nc1cc(C)nc(Nc2ccc(C)cc2)n1. The third-order valence-corrected chi connectivity index (χ3v) is 3.82. The molecule has 0 aliphatic carbocycles. The van der Waals surface area contributed by atoms with Crippen LogP contribution < -0.4 is 10.6 Å². The Morgan fingerprint density at radius 2 is 1.62 bits per heavy atom. The summed E-state index contributed by atoms with van der Waals surface area (Å²) in [7, 11) is 0. The molecular formula is C20H22N4. The first-order chi connectivity index (χ1) is 11.6. The highest BCUT2D eigenvalue weighted by Gasteiger charge is 2.05. The number of nitrogens with one attached hydrogen (secondary N) is 2. The molecule has 3 aromatic rings. The van der Waals surface area contributed by atoms with Gasteiger partial charge >= 0.3 is 0 Å². The highest BCUT2D eigenvalue weighted by Crippen LogP contribution is 2.22. The second-order valence-electron chi connectivity index (χ2n) is 5.84. The van der Waals surface area contributed by atoms with E-state index in [2.05, 4.69) is 64.8 Å². The molecule has 1 aromatic heterocycles. The fourth-order valence-corrected chi connectivity index (χ4v) is 2.54. The summed E-state index contributed by atoms with van der Waals surface area (Å²) in [5.74, 6) is 1.38. The van der Waals surface area contributed by atoms with Crippen molar-refractivity contribution in [1.82, 2.24) is 9.97 Å². The zero-order chi connectivity index (χ0) is 16.9. The topological polar surface area (TPSA) is 49.8 Å². The number of anilines is 4. The van der Waals surface area contributed by atoms with Crippen LogP contribution in [0.1, 0.15) is 23.7 Å². The molecule has 2 N–H and O–H groups in total. The van der Waals surface area contributed by atoms with Gasteiger partial charge in [-0.05, 0) is 44.0 Å². The lowest BCUT2D eigenvalue weighted by Crippen LogP contribution is -2.03. The van der Waals surface area contributed by atoms with Gasteiger partial charge in [0.2, 0.25) is 5.95 Å². The minimum Gasteiger partial charge on any atom is -0.340 e. The quantitative estimate of drug-likeness (QED) is 0.683. The van der Waals surface area contributed by atoms with Crippen molar-refractivity contribution >= 4 is 23.1 Å². The van der Waals surface area contributed by atoms with Crippen molar-refractivity contribution in [3.63, 3.8) is 0 Å². The van der Waals surface area contributed by atoms with Crippen LogP contribution in [0, 0.1) is 13.8 Å². The molecule has 0 saturated carbocycles. The minimum absolute atomic E-state index is 0.593. The van der Waals surface area contributed by atoms with E-state index in [0.717, 1.165) is 29.3 Å². The number of aryl methyl sites for hydroxylation is 3. The van der Waals surface area contributed by atoms with Crippen molar-refractivity contribution in [3.05, 3.63) is 71.4 Å². The highest BCUT2D eigenvalue weighted by atomic mass is 15.1. The van der Waals surface area contributed by atoms with Crippen molar-refractivity contribution in [1.29, 1.82) is 0 Å². The Kier molecular flexibility index (Phi) is 4.75. The Morgan fingerprint density at radius 1 is 0.875 bits per heavy atom. The van der Waals surface area contributed by atoms with Crippen molar-refractivity contribution in [2.24, 2.45) is 0 Å². The van der Waals surface area contributed by atoms with Gasteiger partial charge in [-0.25, -0.2) is 4.98 Å². The van der Waals surface area contributed by atoms with Crippen molar-refractivity contribution in [3.8, 4) is 0 Å².